The Labute approximate surface area is 425 Å². The lowest BCUT2D eigenvalue weighted by molar-refractivity contribution is -0.332. The average Bonchev–Trinajstić information content (AvgIpc) is 3.36. The number of allylic oxidation sites excluding steroid dienone is 14. The van der Waals surface area contributed by atoms with Gasteiger partial charge in [-0.2, -0.15) is 0 Å². The van der Waals surface area contributed by atoms with Gasteiger partial charge in [-0.15, -0.1) is 0 Å². The van der Waals surface area contributed by atoms with Crippen LogP contribution in [0.5, 0.6) is 0 Å². The van der Waals surface area contributed by atoms with Gasteiger partial charge in [0.1, 0.15) is 55.4 Å². The van der Waals surface area contributed by atoms with E-state index in [1.165, 1.54) is 64.2 Å². The zero-order chi connectivity index (χ0) is 51.7. The summed E-state index contributed by atoms with van der Waals surface area (Å²) in [6.07, 6.45) is 34.9. The first kappa shape index (κ1) is 63.8. The van der Waals surface area contributed by atoms with Gasteiger partial charge in [0, 0.05) is 12.8 Å². The number of ether oxygens (including phenoxy) is 6. The summed E-state index contributed by atoms with van der Waals surface area (Å²) in [5, 5.41) is 72.1. The van der Waals surface area contributed by atoms with Crippen LogP contribution in [0, 0.1) is 0 Å². The minimum absolute atomic E-state index is 0.0626. The fourth-order valence-electron chi connectivity index (χ4n) is 7.86. The van der Waals surface area contributed by atoms with Crippen molar-refractivity contribution in [2.75, 3.05) is 26.4 Å². The summed E-state index contributed by atoms with van der Waals surface area (Å²) in [5.41, 5.74) is 0. The second-order valence-corrected chi connectivity index (χ2v) is 18.4. The predicted molar refractivity (Wildman–Crippen MR) is 275 cm³/mol. The van der Waals surface area contributed by atoms with E-state index in [9.17, 15) is 45.3 Å². The van der Waals surface area contributed by atoms with E-state index in [-0.39, 0.29) is 19.4 Å². The van der Waals surface area contributed by atoms with Crippen LogP contribution in [0.1, 0.15) is 162 Å². The van der Waals surface area contributed by atoms with Crippen molar-refractivity contribution in [2.24, 2.45) is 0 Å². The van der Waals surface area contributed by atoms with Crippen molar-refractivity contribution in [3.05, 3.63) is 85.1 Å². The number of aliphatic hydroxyl groups excluding tert-OH is 7. The zero-order valence-electron chi connectivity index (χ0n) is 42.9. The molecule has 0 saturated carbocycles. The fourth-order valence-corrected chi connectivity index (χ4v) is 7.86. The summed E-state index contributed by atoms with van der Waals surface area (Å²) in [7, 11) is 0. The van der Waals surface area contributed by atoms with E-state index in [1.807, 2.05) is 54.7 Å². The number of unbranched alkanes of at least 4 members (excludes halogenated alkanes) is 16. The molecular weight excluding hydrogens is 913 g/mol. The van der Waals surface area contributed by atoms with E-state index < -0.39 is 99.3 Å². The molecule has 2 aliphatic rings. The van der Waals surface area contributed by atoms with Crippen LogP contribution in [0.2, 0.25) is 0 Å². The summed E-state index contributed by atoms with van der Waals surface area (Å²) in [4.78, 5) is 25.7. The van der Waals surface area contributed by atoms with Crippen LogP contribution in [0.4, 0.5) is 0 Å². The standard InChI is InChI=1S/C56H92O15/c1-3-5-7-9-11-13-15-17-18-19-20-21-22-23-24-25-27-28-30-32-34-36-38-47(58)66-41-44(69-48(59)39-37-35-33-31-29-26-16-14-12-10-8-6-4-2)42-67-55-54(65)52(63)50(61)46(71-55)43-68-56-53(64)51(62)49(60)45(40-57)70-56/h6,8,10,12,14,16,19-20,22-23,26,29,31,33,44-46,49-57,60-65H,3-5,7,9,11,13,15,17-18,21,24-25,27-28,30,32,34-43H2,1-2H3/b8-6+,12-10+,16-14+,20-19+,23-22+,29-26+,33-31+/t44?,45-,46-,49+,50+,51?,52?,53?,54?,55-,56-/m1/s1. The van der Waals surface area contributed by atoms with Crippen LogP contribution in [0.3, 0.4) is 0 Å². The van der Waals surface area contributed by atoms with E-state index in [4.69, 9.17) is 28.4 Å². The van der Waals surface area contributed by atoms with Crippen LogP contribution < -0.4 is 0 Å². The van der Waals surface area contributed by atoms with Gasteiger partial charge in [0.15, 0.2) is 18.7 Å². The molecule has 0 aromatic carbocycles. The van der Waals surface area contributed by atoms with Gasteiger partial charge in [-0.05, 0) is 57.8 Å². The van der Waals surface area contributed by atoms with E-state index >= 15 is 0 Å². The number of aliphatic hydroxyl groups is 7. The highest BCUT2D eigenvalue weighted by Crippen LogP contribution is 2.26. The van der Waals surface area contributed by atoms with Crippen molar-refractivity contribution < 1.29 is 73.8 Å². The Morgan fingerprint density at radius 2 is 0.958 bits per heavy atom. The zero-order valence-corrected chi connectivity index (χ0v) is 42.9. The van der Waals surface area contributed by atoms with Gasteiger partial charge in [-0.25, -0.2) is 0 Å². The molecule has 0 spiro atoms. The minimum atomic E-state index is -1.78. The number of rotatable bonds is 40. The van der Waals surface area contributed by atoms with Crippen LogP contribution >= 0.6 is 0 Å². The third-order valence-corrected chi connectivity index (χ3v) is 12.2. The highest BCUT2D eigenvalue weighted by Gasteiger charge is 2.47. The summed E-state index contributed by atoms with van der Waals surface area (Å²) in [6.45, 7) is 2.34. The van der Waals surface area contributed by atoms with E-state index in [0.29, 0.717) is 19.3 Å². The molecule has 0 amide bonds. The highest BCUT2D eigenvalue weighted by atomic mass is 16.7. The van der Waals surface area contributed by atoms with Crippen molar-refractivity contribution in [1.29, 1.82) is 0 Å². The highest BCUT2D eigenvalue weighted by molar-refractivity contribution is 5.70. The van der Waals surface area contributed by atoms with Gasteiger partial charge < -0.3 is 64.2 Å². The van der Waals surface area contributed by atoms with E-state index in [0.717, 1.165) is 51.4 Å². The maximum Gasteiger partial charge on any atom is 0.306 e. The average molecular weight is 1010 g/mol. The van der Waals surface area contributed by atoms with Crippen molar-refractivity contribution in [3.63, 3.8) is 0 Å². The molecule has 71 heavy (non-hydrogen) atoms. The molecule has 0 bridgehead atoms. The molecule has 0 aromatic rings. The summed E-state index contributed by atoms with van der Waals surface area (Å²) < 4.78 is 33.5. The second-order valence-electron chi connectivity index (χ2n) is 18.4. The molecular formula is C56H92O15. The summed E-state index contributed by atoms with van der Waals surface area (Å²) in [5.74, 6) is -1.03. The second kappa shape index (κ2) is 42.1. The molecule has 2 fully saturated rings. The summed E-state index contributed by atoms with van der Waals surface area (Å²) >= 11 is 0. The molecule has 0 aromatic heterocycles. The molecule has 2 saturated heterocycles. The fraction of sp³-hybridized carbons (Fsp3) is 0.714. The molecule has 2 aliphatic heterocycles. The van der Waals surface area contributed by atoms with E-state index in [2.05, 4.69) is 44.2 Å². The SMILES string of the molecule is CC/C=C/C=C/C=C/C=C/C=C/CCCC(=O)OC(COC(=O)CCCCCCCCC/C=C/C/C=C/CCCCCCCCCC)CO[C@@H]1O[C@H](CO[C@@H]2O[C@H](CO)[C@H](O)C(O)C2O)[C@H](O)C(O)C1O. The molecule has 7 N–H and O–H groups in total. The van der Waals surface area contributed by atoms with Crippen LogP contribution in [0.25, 0.3) is 0 Å². The molecule has 11 atom stereocenters. The van der Waals surface area contributed by atoms with Crippen molar-refractivity contribution in [3.8, 4) is 0 Å². The third-order valence-electron chi connectivity index (χ3n) is 12.2. The first-order valence-corrected chi connectivity index (χ1v) is 26.7. The minimum Gasteiger partial charge on any atom is -0.462 e. The molecule has 15 heteroatoms. The Morgan fingerprint density at radius 3 is 1.54 bits per heavy atom. The molecule has 2 rings (SSSR count). The first-order chi connectivity index (χ1) is 34.5. The normalized spacial score (nSPS) is 25.9. The maximum absolute atomic E-state index is 13.0. The third kappa shape index (κ3) is 29.8. The van der Waals surface area contributed by atoms with Gasteiger partial charge in [-0.3, -0.25) is 9.59 Å². The number of hydrogen-bond donors (Lipinski definition) is 7. The lowest BCUT2D eigenvalue weighted by Crippen LogP contribution is -2.61. The number of esters is 2. The topological polar surface area (TPSA) is 231 Å². The largest absolute Gasteiger partial charge is 0.462 e. The lowest BCUT2D eigenvalue weighted by atomic mass is 9.98. The first-order valence-electron chi connectivity index (χ1n) is 26.7. The van der Waals surface area contributed by atoms with Crippen LogP contribution in [-0.4, -0.2) is 142 Å². The number of carbonyl (C=O) groups excluding carboxylic acids is 2. The Kier molecular flexibility index (Phi) is 37.8. The van der Waals surface area contributed by atoms with Gasteiger partial charge in [0.25, 0.3) is 0 Å². The van der Waals surface area contributed by atoms with Crippen molar-refractivity contribution in [1.82, 2.24) is 0 Å². The quantitative estimate of drug-likeness (QED) is 0.0134. The molecule has 2 heterocycles. The van der Waals surface area contributed by atoms with Crippen molar-refractivity contribution in [2.45, 2.75) is 229 Å². The van der Waals surface area contributed by atoms with Gasteiger partial charge in [0.2, 0.25) is 0 Å². The van der Waals surface area contributed by atoms with Crippen LogP contribution in [0.15, 0.2) is 85.1 Å². The Morgan fingerprint density at radius 1 is 0.479 bits per heavy atom. The monoisotopic (exact) mass is 1000 g/mol. The van der Waals surface area contributed by atoms with Gasteiger partial charge in [-0.1, -0.05) is 176 Å². The number of hydrogen-bond acceptors (Lipinski definition) is 15. The van der Waals surface area contributed by atoms with Crippen LogP contribution in [-0.2, 0) is 38.0 Å². The summed E-state index contributed by atoms with van der Waals surface area (Å²) in [6, 6.07) is 0. The molecule has 406 valence electrons. The maximum atomic E-state index is 13.0. The van der Waals surface area contributed by atoms with Crippen molar-refractivity contribution >= 4 is 11.9 Å². The van der Waals surface area contributed by atoms with Gasteiger partial charge in [0.05, 0.1) is 19.8 Å². The van der Waals surface area contributed by atoms with E-state index in [1.54, 1.807) is 0 Å². The van der Waals surface area contributed by atoms with Gasteiger partial charge >= 0.3 is 11.9 Å². The molecule has 5 unspecified atom stereocenters. The lowest BCUT2D eigenvalue weighted by Gasteiger charge is -2.42. The predicted octanol–water partition coefficient (Wildman–Crippen LogP) is 7.99. The Balaban J connectivity index is 1.79. The molecule has 0 radical (unpaired) electrons. The smallest absolute Gasteiger partial charge is 0.306 e. The molecule has 15 nitrogen and oxygen atoms in total. The number of carbonyl (C=O) groups is 2. The Hall–Kier alpha value is -3.32. The Bertz CT molecular complexity index is 1560. The molecule has 0 aliphatic carbocycles.